The summed E-state index contributed by atoms with van der Waals surface area (Å²) < 4.78 is 17.2. The van der Waals surface area contributed by atoms with Crippen LogP contribution in [0.4, 0.5) is 5.13 Å². The summed E-state index contributed by atoms with van der Waals surface area (Å²) in [7, 11) is 1.67. The molecule has 156 valence electrons. The molecule has 0 radical (unpaired) electrons. The molecule has 2 aromatic carbocycles. The van der Waals surface area contributed by atoms with Crippen molar-refractivity contribution in [1.82, 2.24) is 10.3 Å². The van der Waals surface area contributed by atoms with Crippen LogP contribution in [0.15, 0.2) is 36.4 Å². The largest absolute Gasteiger partial charge is 0.497 e. The lowest BCUT2D eigenvalue weighted by Gasteiger charge is -2.31. The SMILES string of the molecule is COc1ccc2nc(N3CCC[C@@H](C(=O)NCc4ccc5c(c4)OCO5)C3)sc2c1. The highest BCUT2D eigenvalue weighted by molar-refractivity contribution is 7.22. The van der Waals surface area contributed by atoms with Crippen LogP contribution in [0.25, 0.3) is 10.2 Å². The van der Waals surface area contributed by atoms with Crippen LogP contribution in [0, 0.1) is 5.92 Å². The van der Waals surface area contributed by atoms with E-state index in [2.05, 4.69) is 10.2 Å². The number of aromatic nitrogens is 1. The van der Waals surface area contributed by atoms with Gasteiger partial charge in [0, 0.05) is 19.6 Å². The zero-order valence-corrected chi connectivity index (χ0v) is 17.5. The van der Waals surface area contributed by atoms with Crippen LogP contribution in [-0.4, -0.2) is 37.9 Å². The number of anilines is 1. The number of fused-ring (bicyclic) bond motifs is 2. The molecular formula is C22H23N3O4S. The van der Waals surface area contributed by atoms with Crippen molar-refractivity contribution >= 4 is 32.6 Å². The Kier molecular flexibility index (Phi) is 5.08. The van der Waals surface area contributed by atoms with Gasteiger partial charge in [-0.25, -0.2) is 4.98 Å². The molecule has 1 amide bonds. The number of nitrogens with one attached hydrogen (secondary N) is 1. The Labute approximate surface area is 178 Å². The van der Waals surface area contributed by atoms with Gasteiger partial charge in [-0.2, -0.15) is 0 Å². The molecule has 1 saturated heterocycles. The lowest BCUT2D eigenvalue weighted by atomic mass is 9.97. The molecule has 1 aromatic heterocycles. The standard InChI is InChI=1S/C22H23N3O4S/c1-27-16-5-6-17-20(10-16)30-22(24-17)25-8-2-3-15(12-25)21(26)23-11-14-4-7-18-19(9-14)29-13-28-18/h4-7,9-10,15H,2-3,8,11-13H2,1H3,(H,23,26)/t15-/m1/s1. The van der Waals surface area contributed by atoms with Gasteiger partial charge in [0.15, 0.2) is 16.6 Å². The van der Waals surface area contributed by atoms with Crippen molar-refractivity contribution in [3.63, 3.8) is 0 Å². The van der Waals surface area contributed by atoms with E-state index in [0.29, 0.717) is 13.1 Å². The second kappa shape index (κ2) is 8.02. The van der Waals surface area contributed by atoms with Gasteiger partial charge >= 0.3 is 0 Å². The number of carbonyl (C=O) groups is 1. The average molecular weight is 426 g/mol. The summed E-state index contributed by atoms with van der Waals surface area (Å²) in [5.41, 5.74) is 1.96. The second-order valence-electron chi connectivity index (χ2n) is 7.52. The Bertz CT molecular complexity index is 1080. The number of rotatable bonds is 5. The van der Waals surface area contributed by atoms with E-state index in [-0.39, 0.29) is 18.6 Å². The van der Waals surface area contributed by atoms with E-state index < -0.39 is 0 Å². The smallest absolute Gasteiger partial charge is 0.231 e. The number of piperidine rings is 1. The van der Waals surface area contributed by atoms with Crippen molar-refractivity contribution in [2.75, 3.05) is 31.9 Å². The van der Waals surface area contributed by atoms with E-state index in [9.17, 15) is 4.79 Å². The van der Waals surface area contributed by atoms with Crippen molar-refractivity contribution < 1.29 is 19.0 Å². The third-order valence-corrected chi connectivity index (χ3v) is 6.63. The van der Waals surface area contributed by atoms with Crippen molar-refractivity contribution in [3.8, 4) is 17.2 Å². The van der Waals surface area contributed by atoms with Crippen molar-refractivity contribution in [1.29, 1.82) is 0 Å². The van der Waals surface area contributed by atoms with Gasteiger partial charge in [-0.05, 0) is 48.7 Å². The molecule has 0 saturated carbocycles. The molecule has 3 aromatic rings. The summed E-state index contributed by atoms with van der Waals surface area (Å²) in [5.74, 6) is 2.35. The van der Waals surface area contributed by atoms with E-state index in [1.54, 1.807) is 18.4 Å². The van der Waals surface area contributed by atoms with Gasteiger partial charge in [0.05, 0.1) is 23.2 Å². The van der Waals surface area contributed by atoms with Crippen LogP contribution in [0.2, 0.25) is 0 Å². The van der Waals surface area contributed by atoms with Crippen molar-refractivity contribution in [2.45, 2.75) is 19.4 Å². The maximum Gasteiger partial charge on any atom is 0.231 e. The summed E-state index contributed by atoms with van der Waals surface area (Å²) in [5, 5.41) is 4.04. The van der Waals surface area contributed by atoms with Gasteiger partial charge in [0.1, 0.15) is 5.75 Å². The van der Waals surface area contributed by atoms with E-state index in [1.807, 2.05) is 36.4 Å². The molecule has 0 aliphatic carbocycles. The fourth-order valence-electron chi connectivity index (χ4n) is 3.90. The maximum absolute atomic E-state index is 12.8. The lowest BCUT2D eigenvalue weighted by molar-refractivity contribution is -0.125. The number of amides is 1. The summed E-state index contributed by atoms with van der Waals surface area (Å²) in [4.78, 5) is 19.8. The highest BCUT2D eigenvalue weighted by Crippen LogP contribution is 2.34. The van der Waals surface area contributed by atoms with Crippen molar-refractivity contribution in [3.05, 3.63) is 42.0 Å². The number of hydrogen-bond donors (Lipinski definition) is 1. The molecule has 1 fully saturated rings. The normalized spacial score (nSPS) is 17.9. The van der Waals surface area contributed by atoms with Gasteiger partial charge < -0.3 is 24.4 Å². The molecule has 1 atom stereocenters. The molecule has 0 bridgehead atoms. The minimum absolute atomic E-state index is 0.0469. The predicted octanol–water partition coefficient (Wildman–Crippen LogP) is 3.57. The fourth-order valence-corrected chi connectivity index (χ4v) is 4.93. The van der Waals surface area contributed by atoms with Gasteiger partial charge in [0.2, 0.25) is 12.7 Å². The Morgan fingerprint density at radius 2 is 2.17 bits per heavy atom. The number of thiazole rings is 1. The molecular weight excluding hydrogens is 402 g/mol. The predicted molar refractivity (Wildman–Crippen MR) is 116 cm³/mol. The molecule has 7 nitrogen and oxygen atoms in total. The van der Waals surface area contributed by atoms with Gasteiger partial charge in [0.25, 0.3) is 0 Å². The maximum atomic E-state index is 12.8. The van der Waals surface area contributed by atoms with E-state index >= 15 is 0 Å². The summed E-state index contributed by atoms with van der Waals surface area (Å²) in [6.07, 6.45) is 1.86. The van der Waals surface area contributed by atoms with Crippen LogP contribution in [0.3, 0.4) is 0 Å². The van der Waals surface area contributed by atoms with Crippen LogP contribution < -0.4 is 24.4 Å². The minimum Gasteiger partial charge on any atom is -0.497 e. The Balaban J connectivity index is 1.23. The molecule has 30 heavy (non-hydrogen) atoms. The average Bonchev–Trinajstić information content (AvgIpc) is 3.43. The minimum atomic E-state index is -0.0469. The van der Waals surface area contributed by atoms with Crippen LogP contribution >= 0.6 is 11.3 Å². The number of nitrogens with zero attached hydrogens (tertiary/aromatic N) is 2. The molecule has 1 N–H and O–H groups in total. The third kappa shape index (κ3) is 3.75. The van der Waals surface area contributed by atoms with Crippen LogP contribution in [0.1, 0.15) is 18.4 Å². The molecule has 0 spiro atoms. The summed E-state index contributed by atoms with van der Waals surface area (Å²) >= 11 is 1.65. The van der Waals surface area contributed by atoms with E-state index in [1.165, 1.54) is 0 Å². The van der Waals surface area contributed by atoms with E-state index in [0.717, 1.165) is 57.5 Å². The first-order valence-corrected chi connectivity index (χ1v) is 10.9. The van der Waals surface area contributed by atoms with Crippen molar-refractivity contribution in [2.24, 2.45) is 5.92 Å². The van der Waals surface area contributed by atoms with Crippen LogP contribution in [0.5, 0.6) is 17.2 Å². The third-order valence-electron chi connectivity index (χ3n) is 5.55. The zero-order chi connectivity index (χ0) is 20.5. The fraction of sp³-hybridized carbons (Fsp3) is 0.364. The first-order valence-electron chi connectivity index (χ1n) is 10.1. The summed E-state index contributed by atoms with van der Waals surface area (Å²) in [6.45, 7) is 2.33. The zero-order valence-electron chi connectivity index (χ0n) is 16.7. The molecule has 0 unspecified atom stereocenters. The number of benzene rings is 2. The molecule has 8 heteroatoms. The second-order valence-corrected chi connectivity index (χ2v) is 8.53. The van der Waals surface area contributed by atoms with E-state index in [4.69, 9.17) is 19.2 Å². The van der Waals surface area contributed by atoms with Gasteiger partial charge in [-0.15, -0.1) is 0 Å². The lowest BCUT2D eigenvalue weighted by Crippen LogP contribution is -2.42. The monoisotopic (exact) mass is 425 g/mol. The molecule has 3 heterocycles. The highest BCUT2D eigenvalue weighted by Gasteiger charge is 2.27. The first kappa shape index (κ1) is 19.0. The highest BCUT2D eigenvalue weighted by atomic mass is 32.1. The quantitative estimate of drug-likeness (QED) is 0.674. The molecule has 2 aliphatic rings. The molecule has 2 aliphatic heterocycles. The van der Waals surface area contributed by atoms with Gasteiger partial charge in [-0.1, -0.05) is 17.4 Å². The number of methoxy groups -OCH3 is 1. The summed E-state index contributed by atoms with van der Waals surface area (Å²) in [6, 6.07) is 11.7. The van der Waals surface area contributed by atoms with Gasteiger partial charge in [-0.3, -0.25) is 4.79 Å². The molecule has 5 rings (SSSR count). The number of hydrogen-bond acceptors (Lipinski definition) is 7. The Hall–Kier alpha value is -3.00. The van der Waals surface area contributed by atoms with Crippen LogP contribution in [-0.2, 0) is 11.3 Å². The first-order chi connectivity index (χ1) is 14.7. The number of carbonyl (C=O) groups excluding carboxylic acids is 1. The number of ether oxygens (including phenoxy) is 3. The Morgan fingerprint density at radius 1 is 1.27 bits per heavy atom. The topological polar surface area (TPSA) is 72.9 Å². The Morgan fingerprint density at radius 3 is 3.07 bits per heavy atom.